The summed E-state index contributed by atoms with van der Waals surface area (Å²) in [6.45, 7) is 2.09. The van der Waals surface area contributed by atoms with Crippen molar-refractivity contribution in [2.45, 2.75) is 13.0 Å². The molecule has 0 spiro atoms. The van der Waals surface area contributed by atoms with Crippen LogP contribution < -0.4 is 5.73 Å². The van der Waals surface area contributed by atoms with Crippen molar-refractivity contribution < 1.29 is 0 Å². The van der Waals surface area contributed by atoms with Crippen LogP contribution in [0.1, 0.15) is 18.5 Å². The largest absolute Gasteiger partial charge is 0.369 e. The van der Waals surface area contributed by atoms with Crippen LogP contribution in [0, 0.1) is 0 Å². The Hall–Kier alpha value is -1.40. The van der Waals surface area contributed by atoms with Gasteiger partial charge in [0.2, 0.25) is 5.95 Å². The number of nitrogens with zero attached hydrogens (tertiary/aromatic N) is 3. The summed E-state index contributed by atoms with van der Waals surface area (Å²) in [5.41, 5.74) is 8.79. The molecule has 0 aliphatic heterocycles. The molecule has 0 aliphatic rings. The molecular weight excluding hydrogens is 384 g/mol. The Morgan fingerprint density at radius 1 is 1.20 bits per heavy atom. The van der Waals surface area contributed by atoms with Crippen LogP contribution in [0.25, 0.3) is 11.2 Å². The van der Waals surface area contributed by atoms with Crippen LogP contribution in [0.5, 0.6) is 0 Å². The molecule has 1 atom stereocenters. The standard InChI is InChI=1S/C14H12Br2N4/c1-8(9-3-2-4-10(15)5-9)20-13-12(19-14(20)17)6-11(16)7-18-13/h2-8H,1H3,(H2,17,19). The number of hydrogen-bond donors (Lipinski definition) is 1. The molecule has 3 aromatic rings. The number of rotatable bonds is 2. The predicted molar refractivity (Wildman–Crippen MR) is 87.6 cm³/mol. The third kappa shape index (κ3) is 2.33. The van der Waals surface area contributed by atoms with E-state index in [1.165, 1.54) is 0 Å². The number of pyridine rings is 1. The van der Waals surface area contributed by atoms with Crippen LogP contribution >= 0.6 is 31.9 Å². The summed E-state index contributed by atoms with van der Waals surface area (Å²) in [4.78, 5) is 8.81. The fraction of sp³-hybridized carbons (Fsp3) is 0.143. The molecule has 20 heavy (non-hydrogen) atoms. The fourth-order valence-corrected chi connectivity index (χ4v) is 3.01. The van der Waals surface area contributed by atoms with Gasteiger partial charge in [-0.2, -0.15) is 0 Å². The topological polar surface area (TPSA) is 56.7 Å². The SMILES string of the molecule is CC(c1cccc(Br)c1)n1c(N)nc2cc(Br)cnc21. The van der Waals surface area contributed by atoms with Gasteiger partial charge >= 0.3 is 0 Å². The lowest BCUT2D eigenvalue weighted by molar-refractivity contribution is 0.662. The molecule has 1 aromatic carbocycles. The smallest absolute Gasteiger partial charge is 0.203 e. The van der Waals surface area contributed by atoms with Crippen LogP contribution in [0.3, 0.4) is 0 Å². The summed E-state index contributed by atoms with van der Waals surface area (Å²) in [5, 5.41) is 0. The summed E-state index contributed by atoms with van der Waals surface area (Å²) in [5.74, 6) is 0.470. The molecule has 102 valence electrons. The minimum atomic E-state index is 0.0613. The van der Waals surface area contributed by atoms with Crippen LogP contribution in [0.4, 0.5) is 5.95 Å². The number of anilines is 1. The second-order valence-corrected chi connectivity index (χ2v) is 6.40. The Balaban J connectivity index is 2.16. The fourth-order valence-electron chi connectivity index (χ4n) is 2.27. The van der Waals surface area contributed by atoms with E-state index in [0.29, 0.717) is 5.95 Å². The monoisotopic (exact) mass is 394 g/mol. The minimum absolute atomic E-state index is 0.0613. The van der Waals surface area contributed by atoms with E-state index >= 15 is 0 Å². The molecule has 2 heterocycles. The quantitative estimate of drug-likeness (QED) is 0.709. The third-order valence-electron chi connectivity index (χ3n) is 3.24. The van der Waals surface area contributed by atoms with Gasteiger partial charge in [-0.1, -0.05) is 28.1 Å². The van der Waals surface area contributed by atoms with Gasteiger partial charge in [0, 0.05) is 15.1 Å². The Morgan fingerprint density at radius 2 is 2.00 bits per heavy atom. The van der Waals surface area contributed by atoms with E-state index in [-0.39, 0.29) is 6.04 Å². The second kappa shape index (κ2) is 5.18. The van der Waals surface area contributed by atoms with Gasteiger partial charge in [0.25, 0.3) is 0 Å². The van der Waals surface area contributed by atoms with Gasteiger partial charge in [-0.15, -0.1) is 0 Å². The van der Waals surface area contributed by atoms with Crippen molar-refractivity contribution in [3.63, 3.8) is 0 Å². The highest BCUT2D eigenvalue weighted by molar-refractivity contribution is 9.10. The van der Waals surface area contributed by atoms with Gasteiger partial charge in [0.15, 0.2) is 5.65 Å². The van der Waals surface area contributed by atoms with E-state index in [1.54, 1.807) is 6.20 Å². The minimum Gasteiger partial charge on any atom is -0.369 e. The van der Waals surface area contributed by atoms with Crippen molar-refractivity contribution >= 4 is 49.0 Å². The van der Waals surface area contributed by atoms with Crippen molar-refractivity contribution in [2.75, 3.05) is 5.73 Å². The van der Waals surface area contributed by atoms with Crippen LogP contribution in [0.2, 0.25) is 0 Å². The number of halogens is 2. The van der Waals surface area contributed by atoms with E-state index in [1.807, 2.05) is 22.8 Å². The van der Waals surface area contributed by atoms with Gasteiger partial charge < -0.3 is 5.73 Å². The van der Waals surface area contributed by atoms with E-state index in [4.69, 9.17) is 5.73 Å². The molecule has 0 saturated heterocycles. The second-order valence-electron chi connectivity index (χ2n) is 4.57. The Morgan fingerprint density at radius 3 is 2.75 bits per heavy atom. The Bertz CT molecular complexity index is 782. The van der Waals surface area contributed by atoms with Crippen LogP contribution in [0.15, 0.2) is 45.5 Å². The average molecular weight is 396 g/mol. The van der Waals surface area contributed by atoms with E-state index in [2.05, 4.69) is 60.9 Å². The lowest BCUT2D eigenvalue weighted by Gasteiger charge is -2.16. The van der Waals surface area contributed by atoms with Crippen LogP contribution in [-0.4, -0.2) is 14.5 Å². The number of imidazole rings is 1. The number of nitrogens with two attached hydrogens (primary N) is 1. The Kier molecular flexibility index (Phi) is 3.52. The summed E-state index contributed by atoms with van der Waals surface area (Å²) in [6, 6.07) is 10.1. The zero-order chi connectivity index (χ0) is 14.3. The van der Waals surface area contributed by atoms with Crippen LogP contribution in [-0.2, 0) is 0 Å². The average Bonchev–Trinajstić information content (AvgIpc) is 2.73. The van der Waals surface area contributed by atoms with Crippen molar-refractivity contribution in [1.29, 1.82) is 0 Å². The van der Waals surface area contributed by atoms with E-state index < -0.39 is 0 Å². The first-order chi connectivity index (χ1) is 9.56. The number of aromatic nitrogens is 3. The molecule has 0 bridgehead atoms. The normalized spacial score (nSPS) is 12.8. The maximum Gasteiger partial charge on any atom is 0.203 e. The molecular formula is C14H12Br2N4. The molecule has 2 aromatic heterocycles. The highest BCUT2D eigenvalue weighted by Crippen LogP contribution is 2.28. The van der Waals surface area contributed by atoms with Gasteiger partial charge in [0.05, 0.1) is 6.04 Å². The molecule has 0 radical (unpaired) electrons. The first kappa shape index (κ1) is 13.6. The first-order valence-corrected chi connectivity index (χ1v) is 7.69. The van der Waals surface area contributed by atoms with Crippen molar-refractivity contribution in [2.24, 2.45) is 0 Å². The third-order valence-corrected chi connectivity index (χ3v) is 4.17. The molecule has 0 amide bonds. The maximum atomic E-state index is 6.06. The zero-order valence-corrected chi connectivity index (χ0v) is 13.9. The molecule has 6 heteroatoms. The summed E-state index contributed by atoms with van der Waals surface area (Å²) in [7, 11) is 0. The molecule has 0 aliphatic carbocycles. The number of benzene rings is 1. The maximum absolute atomic E-state index is 6.06. The number of nitrogen functional groups attached to an aromatic ring is 1. The number of hydrogen-bond acceptors (Lipinski definition) is 3. The highest BCUT2D eigenvalue weighted by Gasteiger charge is 2.17. The molecule has 4 nitrogen and oxygen atoms in total. The zero-order valence-electron chi connectivity index (χ0n) is 10.7. The molecule has 0 fully saturated rings. The molecule has 2 N–H and O–H groups in total. The highest BCUT2D eigenvalue weighted by atomic mass is 79.9. The van der Waals surface area contributed by atoms with E-state index in [0.717, 1.165) is 25.7 Å². The lowest BCUT2D eigenvalue weighted by Crippen LogP contribution is -2.10. The van der Waals surface area contributed by atoms with Crippen molar-refractivity contribution in [3.8, 4) is 0 Å². The molecule has 1 unspecified atom stereocenters. The summed E-state index contributed by atoms with van der Waals surface area (Å²) >= 11 is 6.89. The molecule has 0 saturated carbocycles. The predicted octanol–water partition coefficient (Wildman–Crippen LogP) is 4.15. The summed E-state index contributed by atoms with van der Waals surface area (Å²) in [6.07, 6.45) is 1.76. The van der Waals surface area contributed by atoms with Gasteiger partial charge in [-0.3, -0.25) is 4.57 Å². The summed E-state index contributed by atoms with van der Waals surface area (Å²) < 4.78 is 3.88. The molecule has 3 rings (SSSR count). The van der Waals surface area contributed by atoms with Gasteiger partial charge in [-0.25, -0.2) is 9.97 Å². The van der Waals surface area contributed by atoms with Gasteiger partial charge in [-0.05, 0) is 46.6 Å². The van der Waals surface area contributed by atoms with E-state index in [9.17, 15) is 0 Å². The van der Waals surface area contributed by atoms with Crippen molar-refractivity contribution in [1.82, 2.24) is 14.5 Å². The van der Waals surface area contributed by atoms with Crippen molar-refractivity contribution in [3.05, 3.63) is 51.0 Å². The number of fused-ring (bicyclic) bond motifs is 1. The first-order valence-electron chi connectivity index (χ1n) is 6.10. The van der Waals surface area contributed by atoms with Gasteiger partial charge in [0.1, 0.15) is 5.52 Å². The lowest BCUT2D eigenvalue weighted by atomic mass is 10.1. The Labute approximate surface area is 133 Å².